The van der Waals surface area contributed by atoms with Crippen molar-refractivity contribution in [2.24, 2.45) is 0 Å². The van der Waals surface area contributed by atoms with Gasteiger partial charge in [-0.25, -0.2) is 4.79 Å². The van der Waals surface area contributed by atoms with Crippen molar-refractivity contribution in [1.29, 1.82) is 0 Å². The Morgan fingerprint density at radius 3 is 2.37 bits per heavy atom. The minimum atomic E-state index is -0.477. The number of hydrogen-bond donors (Lipinski definition) is 1. The highest BCUT2D eigenvalue weighted by Crippen LogP contribution is 2.21. The van der Waals surface area contributed by atoms with E-state index in [0.717, 1.165) is 11.1 Å². The van der Waals surface area contributed by atoms with E-state index >= 15 is 0 Å². The predicted octanol–water partition coefficient (Wildman–Crippen LogP) is 3.40. The van der Waals surface area contributed by atoms with E-state index in [1.54, 1.807) is 6.20 Å². The largest absolute Gasteiger partial charge is 0.444 e. The lowest BCUT2D eigenvalue weighted by atomic mass is 9.88. The van der Waals surface area contributed by atoms with Crippen LogP contribution in [0.25, 0.3) is 0 Å². The predicted molar refractivity (Wildman–Crippen MR) is 76.0 cm³/mol. The number of nitrogens with zero attached hydrogens (tertiary/aromatic N) is 1. The van der Waals surface area contributed by atoms with Crippen molar-refractivity contribution >= 4 is 6.09 Å². The summed E-state index contributed by atoms with van der Waals surface area (Å²) >= 11 is 0. The molecule has 1 heterocycles. The lowest BCUT2D eigenvalue weighted by Gasteiger charge is -2.21. The zero-order valence-electron chi connectivity index (χ0n) is 12.7. The number of pyridine rings is 1. The zero-order valence-corrected chi connectivity index (χ0v) is 12.7. The maximum Gasteiger partial charge on any atom is 0.407 e. The lowest BCUT2D eigenvalue weighted by molar-refractivity contribution is 0.0523. The molecule has 0 fully saturated rings. The lowest BCUT2D eigenvalue weighted by Crippen LogP contribution is -2.32. The van der Waals surface area contributed by atoms with E-state index in [0.29, 0.717) is 6.54 Å². The smallest absolute Gasteiger partial charge is 0.407 e. The topological polar surface area (TPSA) is 51.2 Å². The molecule has 0 radical (unpaired) electrons. The zero-order chi connectivity index (χ0) is 14.7. The highest BCUT2D eigenvalue weighted by molar-refractivity contribution is 5.67. The van der Waals surface area contributed by atoms with E-state index in [1.165, 1.54) is 0 Å². The summed E-state index contributed by atoms with van der Waals surface area (Å²) in [4.78, 5) is 15.8. The van der Waals surface area contributed by atoms with Crippen molar-refractivity contribution in [3.63, 3.8) is 0 Å². The maximum atomic E-state index is 11.6. The van der Waals surface area contributed by atoms with Gasteiger partial charge in [-0.3, -0.25) is 4.98 Å². The number of carbonyl (C=O) groups excluding carboxylic acids is 1. The van der Waals surface area contributed by atoms with Crippen LogP contribution in [0, 0.1) is 0 Å². The maximum absolute atomic E-state index is 11.6. The molecule has 0 spiro atoms. The van der Waals surface area contributed by atoms with Gasteiger partial charge in [0.05, 0.1) is 0 Å². The first-order valence-electron chi connectivity index (χ1n) is 6.49. The van der Waals surface area contributed by atoms with Crippen molar-refractivity contribution in [1.82, 2.24) is 10.3 Å². The van der Waals surface area contributed by atoms with Gasteiger partial charge in [-0.1, -0.05) is 26.8 Å². The Hall–Kier alpha value is -1.58. The molecule has 0 atom stereocenters. The van der Waals surface area contributed by atoms with Crippen molar-refractivity contribution < 1.29 is 9.53 Å². The molecule has 0 saturated carbocycles. The molecule has 1 N–H and O–H groups in total. The van der Waals surface area contributed by atoms with E-state index in [1.807, 2.05) is 27.0 Å². The van der Waals surface area contributed by atoms with Gasteiger partial charge in [-0.05, 0) is 37.3 Å². The molecule has 1 aromatic heterocycles. The molecule has 1 amide bonds. The summed E-state index contributed by atoms with van der Waals surface area (Å²) in [6.07, 6.45) is 3.21. The first kappa shape index (κ1) is 15.5. The normalized spacial score (nSPS) is 12.1. The van der Waals surface area contributed by atoms with Crippen molar-refractivity contribution in [2.75, 3.05) is 0 Å². The Labute approximate surface area is 115 Å². The Balaban J connectivity index is 2.62. The van der Waals surface area contributed by atoms with Gasteiger partial charge in [0.25, 0.3) is 0 Å². The van der Waals surface area contributed by atoms with Gasteiger partial charge in [0.1, 0.15) is 5.60 Å². The van der Waals surface area contributed by atoms with E-state index in [2.05, 4.69) is 37.1 Å². The van der Waals surface area contributed by atoms with Crippen LogP contribution in [0.2, 0.25) is 0 Å². The summed E-state index contributed by atoms with van der Waals surface area (Å²) in [6, 6.07) is 2.06. The molecule has 19 heavy (non-hydrogen) atoms. The van der Waals surface area contributed by atoms with E-state index in [9.17, 15) is 4.79 Å². The summed E-state index contributed by atoms with van der Waals surface area (Å²) < 4.78 is 5.19. The fraction of sp³-hybridized carbons (Fsp3) is 0.600. The summed E-state index contributed by atoms with van der Waals surface area (Å²) in [5, 5.41) is 2.73. The number of nitrogens with one attached hydrogen (secondary N) is 1. The number of amides is 1. The van der Waals surface area contributed by atoms with E-state index in [4.69, 9.17) is 4.74 Å². The molecule has 0 aromatic carbocycles. The van der Waals surface area contributed by atoms with Gasteiger partial charge in [0.2, 0.25) is 0 Å². The molecule has 0 aliphatic rings. The second-order valence-corrected chi connectivity index (χ2v) is 6.69. The number of ether oxygens (including phenoxy) is 1. The molecule has 0 unspecified atom stereocenters. The minimum absolute atomic E-state index is 0.0505. The van der Waals surface area contributed by atoms with Crippen LogP contribution in [0.1, 0.15) is 52.7 Å². The molecule has 106 valence electrons. The van der Waals surface area contributed by atoms with Gasteiger partial charge < -0.3 is 10.1 Å². The quantitative estimate of drug-likeness (QED) is 0.890. The molecule has 0 aliphatic heterocycles. The van der Waals surface area contributed by atoms with Crippen LogP contribution in [0.15, 0.2) is 18.5 Å². The molecule has 0 bridgehead atoms. The van der Waals surface area contributed by atoms with E-state index < -0.39 is 11.7 Å². The monoisotopic (exact) mass is 264 g/mol. The van der Waals surface area contributed by atoms with Gasteiger partial charge in [-0.2, -0.15) is 0 Å². The van der Waals surface area contributed by atoms with E-state index in [-0.39, 0.29) is 5.41 Å². The van der Waals surface area contributed by atoms with Crippen molar-refractivity contribution in [2.45, 2.75) is 59.1 Å². The summed E-state index contributed by atoms with van der Waals surface area (Å²) in [5.41, 5.74) is 1.69. The highest BCUT2D eigenvalue weighted by atomic mass is 16.6. The van der Waals surface area contributed by atoms with Crippen molar-refractivity contribution in [3.05, 3.63) is 29.6 Å². The first-order valence-corrected chi connectivity index (χ1v) is 6.49. The van der Waals surface area contributed by atoms with Crippen LogP contribution in [0.5, 0.6) is 0 Å². The third-order valence-electron chi connectivity index (χ3n) is 2.50. The molecule has 1 rings (SSSR count). The summed E-state index contributed by atoms with van der Waals surface area (Å²) in [5.74, 6) is 0. The Morgan fingerprint density at radius 1 is 1.21 bits per heavy atom. The van der Waals surface area contributed by atoms with Crippen LogP contribution in [-0.2, 0) is 16.7 Å². The Morgan fingerprint density at radius 2 is 1.84 bits per heavy atom. The van der Waals surface area contributed by atoms with Gasteiger partial charge >= 0.3 is 6.09 Å². The van der Waals surface area contributed by atoms with Crippen LogP contribution in [0.4, 0.5) is 4.79 Å². The van der Waals surface area contributed by atoms with Crippen LogP contribution >= 0.6 is 0 Å². The molecule has 1 aromatic rings. The number of rotatable bonds is 2. The molecule has 4 heteroatoms. The average Bonchev–Trinajstić information content (AvgIpc) is 2.23. The van der Waals surface area contributed by atoms with Gasteiger partial charge in [-0.15, -0.1) is 0 Å². The Bertz CT molecular complexity index is 442. The number of alkyl carbamates (subject to hydrolysis) is 1. The van der Waals surface area contributed by atoms with Gasteiger partial charge in [0.15, 0.2) is 0 Å². The van der Waals surface area contributed by atoms with Gasteiger partial charge in [0, 0.05) is 18.9 Å². The fourth-order valence-electron chi connectivity index (χ4n) is 1.48. The summed E-state index contributed by atoms with van der Waals surface area (Å²) in [6.45, 7) is 12.3. The second-order valence-electron chi connectivity index (χ2n) is 6.69. The van der Waals surface area contributed by atoms with Crippen LogP contribution in [-0.4, -0.2) is 16.7 Å². The van der Waals surface area contributed by atoms with Crippen LogP contribution < -0.4 is 5.32 Å². The molecular formula is C15H24N2O2. The number of hydrogen-bond acceptors (Lipinski definition) is 3. The summed E-state index contributed by atoms with van der Waals surface area (Å²) in [7, 11) is 0. The first-order chi connectivity index (χ1) is 8.58. The molecule has 0 aliphatic carbocycles. The number of aromatic nitrogens is 1. The molecule has 0 saturated heterocycles. The van der Waals surface area contributed by atoms with Crippen molar-refractivity contribution in [3.8, 4) is 0 Å². The fourth-order valence-corrected chi connectivity index (χ4v) is 1.48. The Kier molecular flexibility index (Phi) is 4.56. The number of carbonyl (C=O) groups is 1. The molecule has 4 nitrogen and oxygen atoms in total. The van der Waals surface area contributed by atoms with Crippen LogP contribution in [0.3, 0.4) is 0 Å². The standard InChI is InChI=1S/C15H24N2O2/c1-14(2,3)12-7-11(8-16-10-12)9-17-13(18)19-15(4,5)6/h7-8,10H,9H2,1-6H3,(H,17,18). The average molecular weight is 264 g/mol. The minimum Gasteiger partial charge on any atom is -0.444 e. The second kappa shape index (κ2) is 5.59. The highest BCUT2D eigenvalue weighted by Gasteiger charge is 2.17. The third kappa shape index (κ3) is 5.73. The molecular weight excluding hydrogens is 240 g/mol. The SMILES string of the molecule is CC(C)(C)OC(=O)NCc1cncc(C(C)(C)C)c1. The third-order valence-corrected chi connectivity index (χ3v) is 2.50.